The Balaban J connectivity index is 1.77. The first-order valence-corrected chi connectivity index (χ1v) is 11.8. The molecule has 0 amide bonds. The highest BCUT2D eigenvalue weighted by Gasteiger charge is 2.29. The minimum absolute atomic E-state index is 0.0933. The number of benzene rings is 1. The molecule has 2 saturated heterocycles. The smallest absolute Gasteiger partial charge is 0.310 e. The lowest BCUT2D eigenvalue weighted by Crippen LogP contribution is -2.48. The van der Waals surface area contributed by atoms with Crippen LogP contribution in [0.4, 0.5) is 0 Å². The van der Waals surface area contributed by atoms with Crippen molar-refractivity contribution in [3.05, 3.63) is 29.8 Å². The Hall–Kier alpha value is -2.32. The van der Waals surface area contributed by atoms with E-state index in [1.54, 1.807) is 7.11 Å². The van der Waals surface area contributed by atoms with Gasteiger partial charge in [0, 0.05) is 32.7 Å². The predicted octanol–water partition coefficient (Wildman–Crippen LogP) is 2.31. The van der Waals surface area contributed by atoms with Gasteiger partial charge in [0.15, 0.2) is 5.96 Å². The fourth-order valence-corrected chi connectivity index (χ4v) is 4.37. The van der Waals surface area contributed by atoms with Gasteiger partial charge in [0.1, 0.15) is 5.75 Å². The number of carbonyl (C=O) groups is 1. The molecule has 2 unspecified atom stereocenters. The van der Waals surface area contributed by atoms with Crippen molar-refractivity contribution in [3.63, 3.8) is 0 Å². The van der Waals surface area contributed by atoms with E-state index >= 15 is 0 Å². The molecule has 2 fully saturated rings. The van der Waals surface area contributed by atoms with E-state index in [4.69, 9.17) is 19.2 Å². The Kier molecular flexibility index (Phi) is 9.62. The molecule has 0 aromatic heterocycles. The number of ether oxygens (including phenoxy) is 3. The molecule has 0 bridgehead atoms. The Morgan fingerprint density at radius 1 is 1.22 bits per heavy atom. The fraction of sp³-hybridized carbons (Fsp3) is 0.667. The predicted molar refractivity (Wildman–Crippen MR) is 125 cm³/mol. The maximum Gasteiger partial charge on any atom is 0.310 e. The molecule has 2 aliphatic heterocycles. The molecule has 8 heteroatoms. The summed E-state index contributed by atoms with van der Waals surface area (Å²) in [5.74, 6) is 1.53. The van der Waals surface area contributed by atoms with Gasteiger partial charge in [0.05, 0.1) is 45.4 Å². The van der Waals surface area contributed by atoms with E-state index in [2.05, 4.69) is 34.2 Å². The van der Waals surface area contributed by atoms with Crippen molar-refractivity contribution in [2.24, 2.45) is 10.9 Å². The van der Waals surface area contributed by atoms with Crippen molar-refractivity contribution >= 4 is 11.9 Å². The summed E-state index contributed by atoms with van der Waals surface area (Å²) in [6.07, 6.45) is 1.83. The van der Waals surface area contributed by atoms with Gasteiger partial charge < -0.3 is 24.4 Å². The third-order valence-corrected chi connectivity index (χ3v) is 6.08. The first-order valence-electron chi connectivity index (χ1n) is 11.8. The number of hydrogen-bond acceptors (Lipinski definition) is 6. The van der Waals surface area contributed by atoms with E-state index in [0.29, 0.717) is 19.7 Å². The van der Waals surface area contributed by atoms with Crippen LogP contribution in [0.5, 0.6) is 5.75 Å². The van der Waals surface area contributed by atoms with Crippen LogP contribution in [0.15, 0.2) is 29.3 Å². The van der Waals surface area contributed by atoms with Crippen molar-refractivity contribution in [2.75, 3.05) is 66.2 Å². The van der Waals surface area contributed by atoms with E-state index in [0.717, 1.165) is 63.9 Å². The van der Waals surface area contributed by atoms with E-state index in [1.165, 1.54) is 5.56 Å². The van der Waals surface area contributed by atoms with Crippen LogP contribution < -0.4 is 10.1 Å². The van der Waals surface area contributed by atoms with Gasteiger partial charge in [-0.05, 0) is 44.4 Å². The highest BCUT2D eigenvalue weighted by molar-refractivity contribution is 5.81. The van der Waals surface area contributed by atoms with Crippen molar-refractivity contribution in [3.8, 4) is 5.75 Å². The second-order valence-corrected chi connectivity index (χ2v) is 8.17. The van der Waals surface area contributed by atoms with E-state index in [9.17, 15) is 4.79 Å². The summed E-state index contributed by atoms with van der Waals surface area (Å²) in [6, 6.07) is 8.42. The van der Waals surface area contributed by atoms with E-state index in [-0.39, 0.29) is 17.9 Å². The summed E-state index contributed by atoms with van der Waals surface area (Å²) in [7, 11) is 1.68. The Bertz CT molecular complexity index is 734. The molecule has 178 valence electrons. The highest BCUT2D eigenvalue weighted by atomic mass is 16.5. The topological polar surface area (TPSA) is 75.6 Å². The molecule has 2 aliphatic rings. The zero-order chi connectivity index (χ0) is 22.8. The molecular formula is C24H38N4O4. The van der Waals surface area contributed by atoms with Crippen LogP contribution >= 0.6 is 0 Å². The van der Waals surface area contributed by atoms with Crippen molar-refractivity contribution in [2.45, 2.75) is 32.7 Å². The lowest BCUT2D eigenvalue weighted by atomic mass is 9.98. The monoisotopic (exact) mass is 446 g/mol. The quantitative estimate of drug-likeness (QED) is 0.373. The lowest BCUT2D eigenvalue weighted by Gasteiger charge is -2.36. The van der Waals surface area contributed by atoms with Gasteiger partial charge in [-0.15, -0.1) is 0 Å². The minimum atomic E-state index is -0.0996. The molecule has 2 heterocycles. The number of piperidine rings is 1. The van der Waals surface area contributed by atoms with Crippen LogP contribution in [-0.4, -0.2) is 87.9 Å². The van der Waals surface area contributed by atoms with Crippen LogP contribution in [0, 0.1) is 5.92 Å². The fourth-order valence-electron chi connectivity index (χ4n) is 4.37. The number of nitrogens with one attached hydrogen (secondary N) is 1. The second-order valence-electron chi connectivity index (χ2n) is 8.17. The van der Waals surface area contributed by atoms with Gasteiger partial charge in [-0.2, -0.15) is 0 Å². The third kappa shape index (κ3) is 6.59. The molecule has 0 saturated carbocycles. The SMILES string of the molecule is CCNC(=NCC(c1ccc(OC)cc1)N1CCOCC1)N1CCCC(C(=O)OCC)C1. The van der Waals surface area contributed by atoms with Crippen LogP contribution in [0.2, 0.25) is 0 Å². The summed E-state index contributed by atoms with van der Waals surface area (Å²) in [5, 5.41) is 3.43. The van der Waals surface area contributed by atoms with Gasteiger partial charge in [-0.3, -0.25) is 14.7 Å². The Morgan fingerprint density at radius 2 is 1.97 bits per heavy atom. The molecule has 1 aromatic carbocycles. The molecule has 2 atom stereocenters. The molecule has 8 nitrogen and oxygen atoms in total. The maximum atomic E-state index is 12.3. The van der Waals surface area contributed by atoms with Gasteiger partial charge in [-0.25, -0.2) is 0 Å². The number of rotatable bonds is 8. The minimum Gasteiger partial charge on any atom is -0.497 e. The number of likely N-dealkylation sites (tertiary alicyclic amines) is 1. The number of aliphatic imine (C=N–C) groups is 1. The van der Waals surface area contributed by atoms with E-state index < -0.39 is 0 Å². The summed E-state index contributed by atoms with van der Waals surface area (Å²) in [4.78, 5) is 22.0. The zero-order valence-corrected chi connectivity index (χ0v) is 19.7. The number of carbonyl (C=O) groups excluding carboxylic acids is 1. The first-order chi connectivity index (χ1) is 15.7. The number of guanidine groups is 1. The molecule has 3 rings (SSSR count). The summed E-state index contributed by atoms with van der Waals surface area (Å²) in [6.45, 7) is 10.6. The Morgan fingerprint density at radius 3 is 2.62 bits per heavy atom. The Labute approximate surface area is 191 Å². The zero-order valence-electron chi connectivity index (χ0n) is 19.7. The number of morpholine rings is 1. The van der Waals surface area contributed by atoms with Crippen LogP contribution in [0.3, 0.4) is 0 Å². The van der Waals surface area contributed by atoms with Crippen molar-refractivity contribution < 1.29 is 19.0 Å². The van der Waals surface area contributed by atoms with Crippen molar-refractivity contribution in [1.29, 1.82) is 0 Å². The second kappa shape index (κ2) is 12.6. The molecule has 0 radical (unpaired) electrons. The number of hydrogen-bond donors (Lipinski definition) is 1. The highest BCUT2D eigenvalue weighted by Crippen LogP contribution is 2.25. The number of nitrogens with zero attached hydrogens (tertiary/aromatic N) is 3. The molecule has 0 aliphatic carbocycles. The molecular weight excluding hydrogens is 408 g/mol. The normalized spacial score (nSPS) is 21.2. The average molecular weight is 447 g/mol. The largest absolute Gasteiger partial charge is 0.497 e. The molecule has 32 heavy (non-hydrogen) atoms. The molecule has 1 aromatic rings. The third-order valence-electron chi connectivity index (χ3n) is 6.08. The number of methoxy groups -OCH3 is 1. The summed E-state index contributed by atoms with van der Waals surface area (Å²) < 4.78 is 16.2. The van der Waals surface area contributed by atoms with Crippen LogP contribution in [-0.2, 0) is 14.3 Å². The summed E-state index contributed by atoms with van der Waals surface area (Å²) in [5.41, 5.74) is 1.22. The first kappa shape index (κ1) is 24.3. The molecule has 0 spiro atoms. The molecule has 1 N–H and O–H groups in total. The van der Waals surface area contributed by atoms with E-state index in [1.807, 2.05) is 19.1 Å². The van der Waals surface area contributed by atoms with Crippen molar-refractivity contribution in [1.82, 2.24) is 15.1 Å². The van der Waals surface area contributed by atoms with Gasteiger partial charge >= 0.3 is 5.97 Å². The number of esters is 1. The van der Waals surface area contributed by atoms with Crippen LogP contribution in [0.1, 0.15) is 38.3 Å². The standard InChI is InChI=1S/C24H38N4O4/c1-4-25-24(28-12-6-7-20(18-28)23(29)32-5-2)26-17-22(27-13-15-31-16-14-27)19-8-10-21(30-3)11-9-19/h8-11,20,22H,4-7,12-18H2,1-3H3,(H,25,26). The van der Waals surface area contributed by atoms with Gasteiger partial charge in [-0.1, -0.05) is 12.1 Å². The average Bonchev–Trinajstić information content (AvgIpc) is 2.85. The summed E-state index contributed by atoms with van der Waals surface area (Å²) >= 11 is 0. The van der Waals surface area contributed by atoms with Gasteiger partial charge in [0.2, 0.25) is 0 Å². The lowest BCUT2D eigenvalue weighted by molar-refractivity contribution is -0.149. The maximum absolute atomic E-state index is 12.3. The van der Waals surface area contributed by atoms with Gasteiger partial charge in [0.25, 0.3) is 0 Å². The van der Waals surface area contributed by atoms with Crippen LogP contribution in [0.25, 0.3) is 0 Å².